The minimum atomic E-state index is -4.86. The summed E-state index contributed by atoms with van der Waals surface area (Å²) in [5.41, 5.74) is -8.37. The lowest BCUT2D eigenvalue weighted by Crippen LogP contribution is -2.49. The molecule has 4 aliphatic carbocycles. The van der Waals surface area contributed by atoms with Crippen molar-refractivity contribution in [3.8, 4) is 23.3 Å². The average molecular weight is 1700 g/mol. The van der Waals surface area contributed by atoms with Crippen LogP contribution >= 0.6 is 0 Å². The third kappa shape index (κ3) is 19.9. The topological polar surface area (TPSA) is 317 Å². The Morgan fingerprint density at radius 2 is 0.907 bits per heavy atom. The first-order chi connectivity index (χ1) is 55.3. The summed E-state index contributed by atoms with van der Waals surface area (Å²) in [6.07, 6.45) is 3.76. The molecule has 4 aromatic rings. The fourth-order valence-electron chi connectivity index (χ4n) is 17.1. The van der Waals surface area contributed by atoms with E-state index in [0.29, 0.717) is 113 Å². The zero-order valence-corrected chi connectivity index (χ0v) is 70.8. The molecular weight excluding hydrogens is 1580 g/mol. The number of carbonyl (C=O) groups is 8. The van der Waals surface area contributed by atoms with E-state index in [-0.39, 0.29) is 75.2 Å². The van der Waals surface area contributed by atoms with Crippen molar-refractivity contribution >= 4 is 88.7 Å². The van der Waals surface area contributed by atoms with Gasteiger partial charge in [-0.1, -0.05) is 64.8 Å². The number of esters is 2. The number of nitrogens with zero attached hydrogens (tertiary/aromatic N) is 4. The molecule has 2 N–H and O–H groups in total. The number of rotatable bonds is 22. The summed E-state index contributed by atoms with van der Waals surface area (Å²) < 4.78 is 173. The number of alkyl halides is 6. The molecule has 12 rings (SSSR count). The Bertz CT molecular complexity index is 4470. The molecule has 648 valence electrons. The van der Waals surface area contributed by atoms with Crippen molar-refractivity contribution in [2.75, 3.05) is 26.3 Å². The van der Waals surface area contributed by atoms with Gasteiger partial charge in [0.15, 0.2) is 11.6 Å². The van der Waals surface area contributed by atoms with E-state index in [0.717, 1.165) is 38.5 Å². The van der Waals surface area contributed by atoms with Crippen LogP contribution in [-0.2, 0) is 67.9 Å². The molecule has 0 spiro atoms. The van der Waals surface area contributed by atoms with E-state index in [1.165, 1.54) is 9.80 Å². The molecule has 2 saturated heterocycles. The zero-order valence-electron chi connectivity index (χ0n) is 69.2. The van der Waals surface area contributed by atoms with E-state index >= 15 is 0 Å². The summed E-state index contributed by atoms with van der Waals surface area (Å²) in [4.78, 5) is 126. The maximum Gasteiger partial charge on any atom is 0.427 e. The molecule has 32 heteroatoms. The Morgan fingerprint density at radius 3 is 1.24 bits per heavy atom. The minimum Gasteiger partial charge on any atom is -0.494 e. The van der Waals surface area contributed by atoms with Crippen LogP contribution in [0.4, 0.5) is 26.3 Å². The fraction of sp³-hybridized carbons (Fsp3) is 0.651. The van der Waals surface area contributed by atoms with Gasteiger partial charge in [-0.15, -0.1) is 0 Å². The number of pyridine rings is 2. The number of sulfonamides is 2. The number of nitrogens with one attached hydrogen (secondary N) is 2. The second-order valence-corrected chi connectivity index (χ2v) is 39.8. The second kappa shape index (κ2) is 35.0. The molecule has 0 bridgehead atoms. The molecule has 0 radical (unpaired) electrons. The van der Waals surface area contributed by atoms with Gasteiger partial charge >= 0.3 is 24.3 Å². The van der Waals surface area contributed by atoms with Crippen LogP contribution in [0.3, 0.4) is 0 Å². The molecule has 4 aliphatic heterocycles. The molecule has 6 heterocycles. The Kier molecular flexibility index (Phi) is 26.8. The van der Waals surface area contributed by atoms with Crippen LogP contribution in [0, 0.1) is 58.2 Å². The Labute approximate surface area is 686 Å². The van der Waals surface area contributed by atoms with Gasteiger partial charge in [-0.3, -0.25) is 47.8 Å². The van der Waals surface area contributed by atoms with Gasteiger partial charge in [-0.25, -0.2) is 26.8 Å². The number of hydrogen-bond donors (Lipinski definition) is 2. The summed E-state index contributed by atoms with van der Waals surface area (Å²) in [6, 6.07) is 12.1. The summed E-state index contributed by atoms with van der Waals surface area (Å²) in [7, 11) is -8.06. The quantitative estimate of drug-likeness (QED) is 0.0419. The number of benzene rings is 2. The number of amides is 4. The van der Waals surface area contributed by atoms with Crippen LogP contribution < -0.4 is 28.4 Å². The summed E-state index contributed by atoms with van der Waals surface area (Å²) in [6.45, 7) is 18.3. The summed E-state index contributed by atoms with van der Waals surface area (Å²) >= 11 is 0. The van der Waals surface area contributed by atoms with Crippen molar-refractivity contribution in [3.05, 3.63) is 85.2 Å². The maximum atomic E-state index is 15.0. The third-order valence-electron chi connectivity index (χ3n) is 25.7. The lowest BCUT2D eigenvalue weighted by molar-refractivity contribution is -0.257. The molecular formula is C86H112F6N6O18S2. The molecule has 6 fully saturated rings. The number of hydrogen-bond acceptors (Lipinski definition) is 20. The monoisotopic (exact) mass is 1690 g/mol. The first-order valence-electron chi connectivity index (χ1n) is 41.3. The number of fused-ring (bicyclic) bond motifs is 6. The fourth-order valence-corrected chi connectivity index (χ4v) is 19.8. The van der Waals surface area contributed by atoms with Crippen molar-refractivity contribution < 1.29 is 110 Å². The molecule has 4 saturated carbocycles. The van der Waals surface area contributed by atoms with E-state index in [4.69, 9.17) is 28.4 Å². The molecule has 8 aliphatic rings. The predicted molar refractivity (Wildman–Crippen MR) is 425 cm³/mol. The molecule has 4 amide bonds. The van der Waals surface area contributed by atoms with Crippen LogP contribution in [0.25, 0.3) is 21.5 Å². The van der Waals surface area contributed by atoms with E-state index in [2.05, 4.69) is 19.4 Å². The Hall–Kier alpha value is -8.42. The standard InChI is InChI=1S/2C43H56F3N3O9S/c2*1-7-27-19-26(3)11-9-10-12-29-23-42(29,39(53)48-59(54,55)41(6)16-17-41)24-35(50)34-21-31(57-37-32-14-13-30(56-8-2)20-28(32)15-18-47-37)25-49(34)38(52)33(27)22-36(51)58-40(4,5)43(44,45)46/h2*10,12-15,18,20,26-27,29,31,33-34H,7-9,11,16-17,19,21-25H2,1-6H3,(H,48,53)/b2*12-10-/t26-,27+,29+,31+,33-,34-,42+;26-,27-,29-,31-,33+,34+,42-/m01/s1. The van der Waals surface area contributed by atoms with Crippen molar-refractivity contribution in [2.24, 2.45) is 58.2 Å². The smallest absolute Gasteiger partial charge is 0.427 e. The lowest BCUT2D eigenvalue weighted by Gasteiger charge is -2.34. The van der Waals surface area contributed by atoms with Gasteiger partial charge in [0.25, 0.3) is 0 Å². The number of aromatic nitrogens is 2. The molecule has 2 aromatic heterocycles. The van der Waals surface area contributed by atoms with Crippen molar-refractivity contribution in [1.82, 2.24) is 29.2 Å². The van der Waals surface area contributed by atoms with E-state index in [1.807, 2.05) is 78.0 Å². The second-order valence-electron chi connectivity index (χ2n) is 35.4. The van der Waals surface area contributed by atoms with Gasteiger partial charge in [-0.05, 0) is 227 Å². The van der Waals surface area contributed by atoms with Crippen LogP contribution in [-0.4, -0.2) is 167 Å². The van der Waals surface area contributed by atoms with E-state index in [1.54, 1.807) is 62.6 Å². The normalized spacial score (nSPS) is 29.3. The Balaban J connectivity index is 0.000000231. The third-order valence-corrected chi connectivity index (χ3v) is 30.0. The van der Waals surface area contributed by atoms with Gasteiger partial charge in [0.1, 0.15) is 23.7 Å². The van der Waals surface area contributed by atoms with Crippen LogP contribution in [0.15, 0.2) is 85.2 Å². The minimum absolute atomic E-state index is 0.0142. The van der Waals surface area contributed by atoms with Crippen LogP contribution in [0.5, 0.6) is 23.3 Å². The largest absolute Gasteiger partial charge is 0.494 e. The molecule has 0 unspecified atom stereocenters. The summed E-state index contributed by atoms with van der Waals surface area (Å²) in [5, 5.41) is 2.86. The number of Topliss-reactive ketones (excluding diaryl/α,β-unsaturated/α-hetero) is 2. The number of allylic oxidation sites excluding steroid dienone is 4. The highest BCUT2D eigenvalue weighted by Crippen LogP contribution is 2.60. The van der Waals surface area contributed by atoms with Gasteiger partial charge < -0.3 is 38.2 Å². The van der Waals surface area contributed by atoms with Crippen molar-refractivity contribution in [2.45, 2.75) is 269 Å². The number of ketones is 2. The lowest BCUT2D eigenvalue weighted by atomic mass is 9.79. The maximum absolute atomic E-state index is 15.0. The van der Waals surface area contributed by atoms with Crippen molar-refractivity contribution in [3.63, 3.8) is 0 Å². The highest BCUT2D eigenvalue weighted by Gasteiger charge is 2.65. The highest BCUT2D eigenvalue weighted by atomic mass is 32.2. The van der Waals surface area contributed by atoms with Gasteiger partial charge in [-0.2, -0.15) is 26.3 Å². The Morgan fingerprint density at radius 1 is 0.542 bits per heavy atom. The van der Waals surface area contributed by atoms with Gasteiger partial charge in [0.2, 0.25) is 66.6 Å². The SMILES string of the molecule is CCOc1ccc2c(O[C@@H]3C[C@H]4C(=O)C[C@]5(C(=O)NS(=O)(=O)C6(C)CC6)C[C@H]5/C=C\CC[C@@H](C)C[C@@H](CC)[C@H](CC(=O)OC(C)(C)C(F)(F)F)C(=O)N4C3)nccc2c1.CCOc1ccc2c(O[C@@H]3C[C@H]4C(=O)C[C@]5(C(=O)NS(=O)(=O)C6(C)CC6)C[C@H]5/C=C\CC[C@H](C)C[C@@H](CC)[C@H](CC(=O)OC(C)(C)C(F)(F)F)C(=O)N4C3)nccc2c1. The first kappa shape index (κ1) is 90.3. The molecule has 14 atom stereocenters. The first-order valence-corrected chi connectivity index (χ1v) is 44.3. The molecule has 118 heavy (non-hydrogen) atoms. The number of halogens is 6. The van der Waals surface area contributed by atoms with Crippen molar-refractivity contribution in [1.29, 1.82) is 0 Å². The van der Waals surface area contributed by atoms with Crippen LogP contribution in [0.1, 0.15) is 212 Å². The van der Waals surface area contributed by atoms with Gasteiger partial charge in [0.05, 0.1) is 83.4 Å². The van der Waals surface area contributed by atoms with E-state index in [9.17, 15) is 81.5 Å². The summed E-state index contributed by atoms with van der Waals surface area (Å²) in [5.74, 6) is -8.31. The zero-order chi connectivity index (χ0) is 86.3. The van der Waals surface area contributed by atoms with Gasteiger partial charge in [0, 0.05) is 48.8 Å². The van der Waals surface area contributed by atoms with E-state index < -0.39 is 184 Å². The molecule has 24 nitrogen and oxygen atoms in total. The highest BCUT2D eigenvalue weighted by molar-refractivity contribution is 7.92. The number of ether oxygens (including phenoxy) is 6. The predicted octanol–water partition coefficient (Wildman–Crippen LogP) is 14.5. The number of carbonyl (C=O) groups excluding carboxylic acids is 8. The average Bonchev–Trinajstić information content (AvgIpc) is 1.57. The molecule has 2 aromatic carbocycles. The van der Waals surface area contributed by atoms with Crippen LogP contribution in [0.2, 0.25) is 0 Å².